The highest BCUT2D eigenvalue weighted by molar-refractivity contribution is 6.07. The molecule has 0 fully saturated rings. The van der Waals surface area contributed by atoms with Gasteiger partial charge in [-0.3, -0.25) is 4.79 Å². The first-order valence-corrected chi connectivity index (χ1v) is 12.2. The molecule has 3 aliphatic rings. The zero-order valence-electron chi connectivity index (χ0n) is 21.2. The Morgan fingerprint density at radius 3 is 2.42 bits per heavy atom. The standard InChI is InChI=1S/C30H25N3O5/c1-16-22-11-12-23-25(19-5-4-6-20(13-19)30(36)38-3)32-28(17-7-9-18(10-8-17)29(35)37-2)33-26(23)24(22)14-21(15-31)27(16)34/h4-10,13-14,16,22H,11-12H2,1-3H3,(H,32,33)/t16-,22-/m0/s1. The van der Waals surface area contributed by atoms with Crippen molar-refractivity contribution in [3.8, 4) is 6.07 Å². The molecule has 2 atom stereocenters. The zero-order chi connectivity index (χ0) is 27.0. The Hall–Kier alpha value is -4.77. The molecule has 0 aromatic heterocycles. The summed E-state index contributed by atoms with van der Waals surface area (Å²) in [5, 5.41) is 13.1. The van der Waals surface area contributed by atoms with E-state index in [1.165, 1.54) is 14.2 Å². The minimum Gasteiger partial charge on any atom is -0.465 e. The van der Waals surface area contributed by atoms with Gasteiger partial charge in [0, 0.05) is 28.3 Å². The minimum atomic E-state index is -0.447. The molecule has 2 aliphatic carbocycles. The second-order valence-corrected chi connectivity index (χ2v) is 9.35. The molecule has 1 N–H and O–H groups in total. The second kappa shape index (κ2) is 9.94. The second-order valence-electron chi connectivity index (χ2n) is 9.35. The largest absolute Gasteiger partial charge is 0.465 e. The number of amidine groups is 1. The van der Waals surface area contributed by atoms with Gasteiger partial charge in [0.2, 0.25) is 0 Å². The summed E-state index contributed by atoms with van der Waals surface area (Å²) in [5.41, 5.74) is 5.79. The van der Waals surface area contributed by atoms with Gasteiger partial charge in [0.05, 0.1) is 36.6 Å². The molecule has 38 heavy (non-hydrogen) atoms. The van der Waals surface area contributed by atoms with E-state index >= 15 is 0 Å². The molecule has 0 radical (unpaired) electrons. The number of fused-ring (bicyclic) bond motifs is 2. The SMILES string of the molecule is COC(=O)c1ccc(C2=NC(c3cccc(C(=O)OC)c3)=C3CC[C@@H]4C(=C3N2)C=C(C#N)C(=O)[C@H]4C)cc1. The number of nitriles is 1. The topological polar surface area (TPSA) is 118 Å². The van der Waals surface area contributed by atoms with Gasteiger partial charge in [0.25, 0.3) is 0 Å². The van der Waals surface area contributed by atoms with E-state index in [1.807, 2.05) is 13.0 Å². The van der Waals surface area contributed by atoms with E-state index in [0.29, 0.717) is 29.1 Å². The van der Waals surface area contributed by atoms with Gasteiger partial charge in [0.1, 0.15) is 11.9 Å². The number of nitrogens with one attached hydrogen (secondary N) is 1. The van der Waals surface area contributed by atoms with Crippen molar-refractivity contribution in [1.29, 1.82) is 5.26 Å². The van der Waals surface area contributed by atoms with Crippen LogP contribution in [0.15, 0.2) is 82.0 Å². The maximum atomic E-state index is 12.7. The third-order valence-electron chi connectivity index (χ3n) is 7.29. The fourth-order valence-electron chi connectivity index (χ4n) is 5.26. The van der Waals surface area contributed by atoms with Crippen molar-refractivity contribution in [2.24, 2.45) is 16.8 Å². The number of hydrogen-bond acceptors (Lipinski definition) is 8. The van der Waals surface area contributed by atoms with Gasteiger partial charge in [-0.05, 0) is 54.7 Å². The minimum absolute atomic E-state index is 0.0328. The molecule has 1 heterocycles. The van der Waals surface area contributed by atoms with Crippen LogP contribution in [0.1, 0.15) is 51.6 Å². The number of hydrogen-bond donors (Lipinski definition) is 1. The highest BCUT2D eigenvalue weighted by Crippen LogP contribution is 2.45. The van der Waals surface area contributed by atoms with E-state index in [9.17, 15) is 19.6 Å². The van der Waals surface area contributed by atoms with Crippen LogP contribution in [0.4, 0.5) is 0 Å². The van der Waals surface area contributed by atoms with Crippen LogP contribution in [-0.4, -0.2) is 37.8 Å². The number of Topliss-reactive ketones (excluding diaryl/α,β-unsaturated/α-hetero) is 1. The van der Waals surface area contributed by atoms with Gasteiger partial charge >= 0.3 is 11.9 Å². The molecule has 0 saturated carbocycles. The Balaban J connectivity index is 1.71. The first-order chi connectivity index (χ1) is 18.4. The number of nitrogens with zero attached hydrogens (tertiary/aromatic N) is 2. The monoisotopic (exact) mass is 507 g/mol. The average Bonchev–Trinajstić information content (AvgIpc) is 2.97. The zero-order valence-corrected chi connectivity index (χ0v) is 21.2. The average molecular weight is 508 g/mol. The van der Waals surface area contributed by atoms with Crippen LogP contribution in [0.3, 0.4) is 0 Å². The molecule has 1 aliphatic heterocycles. The molecule has 0 unspecified atom stereocenters. The number of methoxy groups -OCH3 is 2. The number of allylic oxidation sites excluding steroid dienone is 4. The Morgan fingerprint density at radius 1 is 1.03 bits per heavy atom. The van der Waals surface area contributed by atoms with Crippen LogP contribution >= 0.6 is 0 Å². The first kappa shape index (κ1) is 24.9. The van der Waals surface area contributed by atoms with E-state index in [0.717, 1.165) is 34.4 Å². The fourth-order valence-corrected chi connectivity index (χ4v) is 5.26. The third-order valence-corrected chi connectivity index (χ3v) is 7.29. The molecule has 0 saturated heterocycles. The Kier molecular flexibility index (Phi) is 6.52. The first-order valence-electron chi connectivity index (χ1n) is 12.2. The molecular formula is C30H25N3O5. The van der Waals surface area contributed by atoms with Crippen molar-refractivity contribution in [2.75, 3.05) is 14.2 Å². The Morgan fingerprint density at radius 2 is 1.74 bits per heavy atom. The quantitative estimate of drug-likeness (QED) is 0.611. The molecule has 8 nitrogen and oxygen atoms in total. The number of aliphatic imine (C=N–C) groups is 1. The molecule has 5 rings (SSSR count). The van der Waals surface area contributed by atoms with Crippen LogP contribution in [-0.2, 0) is 14.3 Å². The lowest BCUT2D eigenvalue weighted by Crippen LogP contribution is -2.37. The van der Waals surface area contributed by atoms with E-state index in [1.54, 1.807) is 48.5 Å². The maximum absolute atomic E-state index is 12.7. The summed E-state index contributed by atoms with van der Waals surface area (Å²) in [4.78, 5) is 41.9. The number of rotatable bonds is 4. The predicted octanol–water partition coefficient (Wildman–Crippen LogP) is 4.35. The Labute approximate surface area is 220 Å². The van der Waals surface area contributed by atoms with Gasteiger partial charge in [-0.15, -0.1) is 0 Å². The summed E-state index contributed by atoms with van der Waals surface area (Å²) >= 11 is 0. The summed E-state index contributed by atoms with van der Waals surface area (Å²) in [6.07, 6.45) is 3.09. The normalized spacial score (nSPS) is 20.3. The highest BCUT2D eigenvalue weighted by atomic mass is 16.5. The number of carbonyl (C=O) groups excluding carboxylic acids is 3. The summed E-state index contributed by atoms with van der Waals surface area (Å²) < 4.78 is 9.72. The van der Waals surface area contributed by atoms with E-state index < -0.39 is 11.9 Å². The van der Waals surface area contributed by atoms with Gasteiger partial charge in [-0.2, -0.15) is 5.26 Å². The number of carbonyl (C=O) groups is 3. The number of ether oxygens (including phenoxy) is 2. The van der Waals surface area contributed by atoms with Crippen LogP contribution < -0.4 is 5.32 Å². The number of esters is 2. The van der Waals surface area contributed by atoms with Gasteiger partial charge in [-0.25, -0.2) is 14.6 Å². The van der Waals surface area contributed by atoms with Crippen LogP contribution in [0, 0.1) is 23.2 Å². The summed E-state index contributed by atoms with van der Waals surface area (Å²) in [5.74, 6) is -0.820. The van der Waals surface area contributed by atoms with Crippen molar-refractivity contribution in [2.45, 2.75) is 19.8 Å². The maximum Gasteiger partial charge on any atom is 0.337 e. The predicted molar refractivity (Wildman–Crippen MR) is 140 cm³/mol. The van der Waals surface area contributed by atoms with Crippen molar-refractivity contribution >= 4 is 29.3 Å². The summed E-state index contributed by atoms with van der Waals surface area (Å²) in [6, 6.07) is 16.0. The molecule has 8 heteroatoms. The van der Waals surface area contributed by atoms with E-state index in [2.05, 4.69) is 11.4 Å². The summed E-state index contributed by atoms with van der Waals surface area (Å²) in [6.45, 7) is 1.87. The van der Waals surface area contributed by atoms with Crippen molar-refractivity contribution in [3.05, 3.63) is 99.3 Å². The molecule has 2 aromatic carbocycles. The Bertz CT molecular complexity index is 1540. The van der Waals surface area contributed by atoms with Gasteiger partial charge in [0.15, 0.2) is 5.78 Å². The van der Waals surface area contributed by atoms with Crippen LogP contribution in [0.2, 0.25) is 0 Å². The van der Waals surface area contributed by atoms with Crippen molar-refractivity contribution in [3.63, 3.8) is 0 Å². The molecule has 2 aromatic rings. The van der Waals surface area contributed by atoms with Crippen LogP contribution in [0.25, 0.3) is 5.70 Å². The lowest BCUT2D eigenvalue weighted by Gasteiger charge is -2.37. The van der Waals surface area contributed by atoms with Crippen molar-refractivity contribution < 1.29 is 23.9 Å². The van der Waals surface area contributed by atoms with Gasteiger partial charge in [-0.1, -0.05) is 31.2 Å². The lowest BCUT2D eigenvalue weighted by molar-refractivity contribution is -0.119. The summed E-state index contributed by atoms with van der Waals surface area (Å²) in [7, 11) is 2.67. The fraction of sp³-hybridized carbons (Fsp3) is 0.233. The smallest absolute Gasteiger partial charge is 0.337 e. The van der Waals surface area contributed by atoms with Gasteiger partial charge < -0.3 is 14.8 Å². The molecule has 190 valence electrons. The molecule has 0 spiro atoms. The third kappa shape index (κ3) is 4.22. The van der Waals surface area contributed by atoms with E-state index in [-0.39, 0.29) is 23.2 Å². The molecule has 0 bridgehead atoms. The number of benzene rings is 2. The highest BCUT2D eigenvalue weighted by Gasteiger charge is 2.39. The van der Waals surface area contributed by atoms with Crippen molar-refractivity contribution in [1.82, 2.24) is 5.32 Å². The molecular weight excluding hydrogens is 482 g/mol. The number of ketones is 1. The van der Waals surface area contributed by atoms with Crippen LogP contribution in [0.5, 0.6) is 0 Å². The lowest BCUT2D eigenvalue weighted by atomic mass is 9.69. The molecule has 0 amide bonds. The van der Waals surface area contributed by atoms with E-state index in [4.69, 9.17) is 14.5 Å².